The Bertz CT molecular complexity index is 165. The van der Waals surface area contributed by atoms with Gasteiger partial charge in [0.15, 0.2) is 0 Å². The minimum atomic E-state index is 0.732. The standard InChI is InChI=1S/C11H22N2O/c1-10(11-2-3-11)12-4-5-13-6-8-14-9-7-13/h10-12H,2-9H2,1H3. The SMILES string of the molecule is CC(NCCN1CCOCC1)C1CC1. The maximum absolute atomic E-state index is 5.31. The first kappa shape index (κ1) is 10.4. The zero-order valence-corrected chi connectivity index (χ0v) is 9.17. The smallest absolute Gasteiger partial charge is 0.0594 e. The highest BCUT2D eigenvalue weighted by Crippen LogP contribution is 2.32. The Kier molecular flexibility index (Phi) is 3.79. The third kappa shape index (κ3) is 3.23. The average Bonchev–Trinajstić information content (AvgIpc) is 3.02. The molecular formula is C11H22N2O. The molecule has 1 aliphatic heterocycles. The molecule has 1 N–H and O–H groups in total. The number of rotatable bonds is 5. The van der Waals surface area contributed by atoms with Crippen LogP contribution in [0, 0.1) is 5.92 Å². The predicted octanol–water partition coefficient (Wildman–Crippen LogP) is 0.707. The van der Waals surface area contributed by atoms with E-state index >= 15 is 0 Å². The van der Waals surface area contributed by atoms with Gasteiger partial charge in [-0.15, -0.1) is 0 Å². The summed E-state index contributed by atoms with van der Waals surface area (Å²) in [5, 5.41) is 3.61. The molecule has 14 heavy (non-hydrogen) atoms. The first-order valence-corrected chi connectivity index (χ1v) is 5.90. The van der Waals surface area contributed by atoms with Crippen molar-refractivity contribution in [1.82, 2.24) is 10.2 Å². The highest BCUT2D eigenvalue weighted by molar-refractivity contribution is 4.83. The van der Waals surface area contributed by atoms with Crippen molar-refractivity contribution in [3.8, 4) is 0 Å². The molecule has 0 amide bonds. The maximum atomic E-state index is 5.31. The van der Waals surface area contributed by atoms with Crippen molar-refractivity contribution in [2.75, 3.05) is 39.4 Å². The molecule has 0 radical (unpaired) electrons. The molecule has 0 aromatic heterocycles. The number of morpholine rings is 1. The molecule has 3 nitrogen and oxygen atoms in total. The van der Waals surface area contributed by atoms with E-state index in [0.717, 1.165) is 44.8 Å². The number of ether oxygens (including phenoxy) is 1. The van der Waals surface area contributed by atoms with Crippen molar-refractivity contribution >= 4 is 0 Å². The van der Waals surface area contributed by atoms with Gasteiger partial charge in [0.05, 0.1) is 13.2 Å². The van der Waals surface area contributed by atoms with Crippen LogP contribution in [0.1, 0.15) is 19.8 Å². The Labute approximate surface area is 86.8 Å². The Morgan fingerprint density at radius 1 is 1.36 bits per heavy atom. The molecule has 2 rings (SSSR count). The van der Waals surface area contributed by atoms with E-state index in [1.54, 1.807) is 0 Å². The molecule has 3 heteroatoms. The minimum absolute atomic E-state index is 0.732. The van der Waals surface area contributed by atoms with Crippen LogP contribution in [0.3, 0.4) is 0 Å². The number of nitrogens with one attached hydrogen (secondary N) is 1. The average molecular weight is 198 g/mol. The van der Waals surface area contributed by atoms with Gasteiger partial charge in [0.25, 0.3) is 0 Å². The van der Waals surface area contributed by atoms with Gasteiger partial charge in [0, 0.05) is 32.2 Å². The molecule has 82 valence electrons. The van der Waals surface area contributed by atoms with E-state index in [-0.39, 0.29) is 0 Å². The van der Waals surface area contributed by atoms with E-state index in [9.17, 15) is 0 Å². The summed E-state index contributed by atoms with van der Waals surface area (Å²) in [6.07, 6.45) is 2.87. The van der Waals surface area contributed by atoms with Crippen molar-refractivity contribution in [1.29, 1.82) is 0 Å². The Morgan fingerprint density at radius 3 is 2.71 bits per heavy atom. The lowest BCUT2D eigenvalue weighted by atomic mass is 10.2. The third-order valence-corrected chi connectivity index (χ3v) is 3.33. The molecule has 1 heterocycles. The normalized spacial score (nSPS) is 26.4. The van der Waals surface area contributed by atoms with Crippen molar-refractivity contribution in [3.05, 3.63) is 0 Å². The molecule has 1 aliphatic carbocycles. The van der Waals surface area contributed by atoms with Gasteiger partial charge in [-0.05, 0) is 25.7 Å². The van der Waals surface area contributed by atoms with E-state index < -0.39 is 0 Å². The lowest BCUT2D eigenvalue weighted by Gasteiger charge is -2.27. The van der Waals surface area contributed by atoms with Gasteiger partial charge in [0.2, 0.25) is 0 Å². The molecule has 1 saturated heterocycles. The first-order chi connectivity index (χ1) is 6.86. The van der Waals surface area contributed by atoms with Gasteiger partial charge >= 0.3 is 0 Å². The van der Waals surface area contributed by atoms with Gasteiger partial charge in [-0.2, -0.15) is 0 Å². The van der Waals surface area contributed by atoms with E-state index in [2.05, 4.69) is 17.1 Å². The second-order valence-corrected chi connectivity index (χ2v) is 4.53. The Hall–Kier alpha value is -0.120. The molecule has 0 bridgehead atoms. The minimum Gasteiger partial charge on any atom is -0.379 e. The summed E-state index contributed by atoms with van der Waals surface area (Å²) >= 11 is 0. The zero-order chi connectivity index (χ0) is 9.80. The molecular weight excluding hydrogens is 176 g/mol. The van der Waals surface area contributed by atoms with Gasteiger partial charge in [-0.25, -0.2) is 0 Å². The monoisotopic (exact) mass is 198 g/mol. The summed E-state index contributed by atoms with van der Waals surface area (Å²) in [5.74, 6) is 0.972. The van der Waals surface area contributed by atoms with Crippen LogP contribution in [0.25, 0.3) is 0 Å². The van der Waals surface area contributed by atoms with Crippen molar-refractivity contribution in [2.24, 2.45) is 5.92 Å². The Balaban J connectivity index is 1.52. The van der Waals surface area contributed by atoms with Crippen molar-refractivity contribution < 1.29 is 4.74 Å². The summed E-state index contributed by atoms with van der Waals surface area (Å²) < 4.78 is 5.31. The second-order valence-electron chi connectivity index (χ2n) is 4.53. The zero-order valence-electron chi connectivity index (χ0n) is 9.17. The van der Waals surface area contributed by atoms with Crippen LogP contribution >= 0.6 is 0 Å². The molecule has 2 fully saturated rings. The molecule has 1 saturated carbocycles. The number of hydrogen-bond acceptors (Lipinski definition) is 3. The van der Waals surface area contributed by atoms with Crippen LogP contribution < -0.4 is 5.32 Å². The lowest BCUT2D eigenvalue weighted by molar-refractivity contribution is 0.0381. The fourth-order valence-electron chi connectivity index (χ4n) is 2.04. The van der Waals surface area contributed by atoms with Crippen LogP contribution in [-0.4, -0.2) is 50.3 Å². The highest BCUT2D eigenvalue weighted by atomic mass is 16.5. The van der Waals surface area contributed by atoms with E-state index in [1.807, 2.05) is 0 Å². The fraction of sp³-hybridized carbons (Fsp3) is 1.00. The van der Waals surface area contributed by atoms with Crippen LogP contribution in [-0.2, 0) is 4.74 Å². The molecule has 1 unspecified atom stereocenters. The number of hydrogen-bond donors (Lipinski definition) is 1. The van der Waals surface area contributed by atoms with Crippen LogP contribution in [0.5, 0.6) is 0 Å². The van der Waals surface area contributed by atoms with Crippen LogP contribution in [0.4, 0.5) is 0 Å². The summed E-state index contributed by atoms with van der Waals surface area (Å²) in [4.78, 5) is 2.48. The van der Waals surface area contributed by atoms with Gasteiger partial charge in [-0.3, -0.25) is 4.90 Å². The van der Waals surface area contributed by atoms with E-state index in [1.165, 1.54) is 19.4 Å². The number of nitrogens with zero attached hydrogens (tertiary/aromatic N) is 1. The maximum Gasteiger partial charge on any atom is 0.0594 e. The largest absolute Gasteiger partial charge is 0.379 e. The fourth-order valence-corrected chi connectivity index (χ4v) is 2.04. The molecule has 1 atom stereocenters. The topological polar surface area (TPSA) is 24.5 Å². The van der Waals surface area contributed by atoms with Gasteiger partial charge < -0.3 is 10.1 Å². The van der Waals surface area contributed by atoms with Gasteiger partial charge in [0.1, 0.15) is 0 Å². The predicted molar refractivity (Wildman–Crippen MR) is 57.4 cm³/mol. The molecule has 0 spiro atoms. The summed E-state index contributed by atoms with van der Waals surface area (Å²) in [6.45, 7) is 8.68. The molecule has 0 aromatic rings. The van der Waals surface area contributed by atoms with E-state index in [4.69, 9.17) is 4.74 Å². The Morgan fingerprint density at radius 2 is 2.07 bits per heavy atom. The van der Waals surface area contributed by atoms with Crippen LogP contribution in [0.15, 0.2) is 0 Å². The van der Waals surface area contributed by atoms with Crippen LogP contribution in [0.2, 0.25) is 0 Å². The van der Waals surface area contributed by atoms with Crippen molar-refractivity contribution in [2.45, 2.75) is 25.8 Å². The first-order valence-electron chi connectivity index (χ1n) is 5.90. The lowest BCUT2D eigenvalue weighted by Crippen LogP contribution is -2.42. The quantitative estimate of drug-likeness (QED) is 0.704. The third-order valence-electron chi connectivity index (χ3n) is 3.33. The van der Waals surface area contributed by atoms with Crippen molar-refractivity contribution in [3.63, 3.8) is 0 Å². The summed E-state index contributed by atoms with van der Waals surface area (Å²) in [7, 11) is 0. The molecule has 2 aliphatic rings. The summed E-state index contributed by atoms with van der Waals surface area (Å²) in [5.41, 5.74) is 0. The van der Waals surface area contributed by atoms with E-state index in [0.29, 0.717) is 0 Å². The second kappa shape index (κ2) is 5.10. The summed E-state index contributed by atoms with van der Waals surface area (Å²) in [6, 6.07) is 0.732. The highest BCUT2D eigenvalue weighted by Gasteiger charge is 2.27. The molecule has 0 aromatic carbocycles. The van der Waals surface area contributed by atoms with Gasteiger partial charge in [-0.1, -0.05) is 0 Å².